The maximum atomic E-state index is 13.6. The monoisotopic (exact) mass is 261 g/mol. The van der Waals surface area contributed by atoms with Crippen molar-refractivity contribution in [1.82, 2.24) is 9.55 Å². The molecule has 2 heterocycles. The quantitative estimate of drug-likeness (QED) is 0.787. The van der Waals surface area contributed by atoms with E-state index >= 15 is 0 Å². The molecule has 0 aliphatic carbocycles. The minimum Gasteiger partial charge on any atom is -0.369 e. The third-order valence-electron chi connectivity index (χ3n) is 2.96. The molecule has 1 aromatic carbocycles. The summed E-state index contributed by atoms with van der Waals surface area (Å²) in [5.41, 5.74) is 8.21. The summed E-state index contributed by atoms with van der Waals surface area (Å²) < 4.78 is 15.4. The zero-order valence-corrected chi connectivity index (χ0v) is 10.5. The third kappa shape index (κ3) is 1.86. The number of imidazole rings is 1. The van der Waals surface area contributed by atoms with Crippen molar-refractivity contribution >= 4 is 28.3 Å². The van der Waals surface area contributed by atoms with Gasteiger partial charge in [0.1, 0.15) is 5.52 Å². The van der Waals surface area contributed by atoms with Crippen LogP contribution in [-0.2, 0) is 13.0 Å². The summed E-state index contributed by atoms with van der Waals surface area (Å²) in [4.78, 5) is 4.08. The second kappa shape index (κ2) is 4.42. The predicted molar refractivity (Wildman–Crippen MR) is 72.1 cm³/mol. The highest BCUT2D eigenvalue weighted by atomic mass is 32.1. The van der Waals surface area contributed by atoms with Crippen LogP contribution in [0.15, 0.2) is 35.0 Å². The van der Waals surface area contributed by atoms with Gasteiger partial charge in [0.05, 0.1) is 5.52 Å². The molecule has 2 N–H and O–H groups in total. The SMILES string of the molecule is Nc1nc2c(F)cccc2n1CCc1ccsc1. The van der Waals surface area contributed by atoms with Gasteiger partial charge in [-0.1, -0.05) is 6.07 Å². The van der Waals surface area contributed by atoms with Crippen LogP contribution in [0.3, 0.4) is 0 Å². The molecule has 2 aromatic heterocycles. The van der Waals surface area contributed by atoms with Gasteiger partial charge in [0.25, 0.3) is 0 Å². The first-order chi connectivity index (χ1) is 8.75. The molecule has 3 rings (SSSR count). The van der Waals surface area contributed by atoms with E-state index in [1.54, 1.807) is 17.4 Å². The molecule has 3 nitrogen and oxygen atoms in total. The molecule has 0 fully saturated rings. The summed E-state index contributed by atoms with van der Waals surface area (Å²) in [6.45, 7) is 0.711. The molecule has 0 saturated heterocycles. The Labute approximate surface area is 108 Å². The lowest BCUT2D eigenvalue weighted by atomic mass is 10.2. The van der Waals surface area contributed by atoms with Gasteiger partial charge < -0.3 is 10.3 Å². The fraction of sp³-hybridized carbons (Fsp3) is 0.154. The number of hydrogen-bond donors (Lipinski definition) is 1. The van der Waals surface area contributed by atoms with Crippen LogP contribution in [0, 0.1) is 5.82 Å². The standard InChI is InChI=1S/C13H12FN3S/c14-10-2-1-3-11-12(10)16-13(15)17(11)6-4-9-5-7-18-8-9/h1-3,5,7-8H,4,6H2,(H2,15,16). The lowest BCUT2D eigenvalue weighted by Crippen LogP contribution is -2.05. The highest BCUT2D eigenvalue weighted by Crippen LogP contribution is 2.21. The topological polar surface area (TPSA) is 43.8 Å². The first-order valence-electron chi connectivity index (χ1n) is 5.67. The van der Waals surface area contributed by atoms with Crippen molar-refractivity contribution in [2.75, 3.05) is 5.73 Å². The number of anilines is 1. The molecule has 0 radical (unpaired) electrons. The molecule has 0 atom stereocenters. The maximum Gasteiger partial charge on any atom is 0.201 e. The van der Waals surface area contributed by atoms with Gasteiger partial charge in [0.15, 0.2) is 5.82 Å². The van der Waals surface area contributed by atoms with Crippen molar-refractivity contribution in [3.63, 3.8) is 0 Å². The zero-order chi connectivity index (χ0) is 12.5. The molecule has 3 aromatic rings. The van der Waals surface area contributed by atoms with E-state index in [1.807, 2.05) is 16.0 Å². The number of benzene rings is 1. The molecular formula is C13H12FN3S. The van der Waals surface area contributed by atoms with Crippen LogP contribution in [0.1, 0.15) is 5.56 Å². The third-order valence-corrected chi connectivity index (χ3v) is 3.70. The molecule has 0 bridgehead atoms. The van der Waals surface area contributed by atoms with Gasteiger partial charge >= 0.3 is 0 Å². The maximum absolute atomic E-state index is 13.6. The number of para-hydroxylation sites is 1. The normalized spacial score (nSPS) is 11.2. The van der Waals surface area contributed by atoms with Crippen LogP contribution in [0.5, 0.6) is 0 Å². The Kier molecular flexibility index (Phi) is 2.76. The number of aryl methyl sites for hydroxylation is 2. The number of nitrogens with zero attached hydrogens (tertiary/aromatic N) is 2. The van der Waals surface area contributed by atoms with Crippen LogP contribution in [0.25, 0.3) is 11.0 Å². The first kappa shape index (κ1) is 11.2. The lowest BCUT2D eigenvalue weighted by Gasteiger charge is -2.05. The molecule has 0 spiro atoms. The summed E-state index contributed by atoms with van der Waals surface area (Å²) in [6, 6.07) is 7.01. The summed E-state index contributed by atoms with van der Waals surface area (Å²) >= 11 is 1.67. The Bertz CT molecular complexity index is 673. The van der Waals surface area contributed by atoms with Crippen LogP contribution in [-0.4, -0.2) is 9.55 Å². The minimum atomic E-state index is -0.325. The summed E-state index contributed by atoms with van der Waals surface area (Å²) in [5, 5.41) is 4.15. The average Bonchev–Trinajstić information content (AvgIpc) is 2.95. The number of thiophene rings is 1. The smallest absolute Gasteiger partial charge is 0.201 e. The van der Waals surface area contributed by atoms with Gasteiger partial charge in [-0.05, 0) is 40.9 Å². The molecular weight excluding hydrogens is 249 g/mol. The van der Waals surface area contributed by atoms with Gasteiger partial charge in [-0.3, -0.25) is 0 Å². The number of nitrogen functional groups attached to an aromatic ring is 1. The van der Waals surface area contributed by atoms with Crippen molar-refractivity contribution in [3.05, 3.63) is 46.4 Å². The molecule has 0 unspecified atom stereocenters. The van der Waals surface area contributed by atoms with Crippen LogP contribution >= 0.6 is 11.3 Å². The van der Waals surface area contributed by atoms with E-state index in [4.69, 9.17) is 5.73 Å². The van der Waals surface area contributed by atoms with Crippen molar-refractivity contribution in [2.45, 2.75) is 13.0 Å². The zero-order valence-electron chi connectivity index (χ0n) is 9.64. The van der Waals surface area contributed by atoms with Gasteiger partial charge in [-0.15, -0.1) is 0 Å². The summed E-state index contributed by atoms with van der Waals surface area (Å²) in [7, 11) is 0. The Morgan fingerprint density at radius 3 is 3.00 bits per heavy atom. The van der Waals surface area contributed by atoms with E-state index in [-0.39, 0.29) is 5.82 Å². The molecule has 0 aliphatic rings. The minimum absolute atomic E-state index is 0.325. The Balaban J connectivity index is 1.96. The molecule has 92 valence electrons. The van der Waals surface area contributed by atoms with Crippen LogP contribution in [0.4, 0.5) is 10.3 Å². The molecule has 18 heavy (non-hydrogen) atoms. The summed E-state index contributed by atoms with van der Waals surface area (Å²) in [5.74, 6) is 0.0406. The highest BCUT2D eigenvalue weighted by Gasteiger charge is 2.11. The Morgan fingerprint density at radius 1 is 1.33 bits per heavy atom. The van der Waals surface area contributed by atoms with E-state index < -0.39 is 0 Å². The fourth-order valence-electron chi connectivity index (χ4n) is 2.04. The number of nitrogens with two attached hydrogens (primary N) is 1. The van der Waals surface area contributed by atoms with E-state index in [2.05, 4.69) is 16.4 Å². The number of hydrogen-bond acceptors (Lipinski definition) is 3. The Hall–Kier alpha value is -1.88. The van der Waals surface area contributed by atoms with Gasteiger partial charge in [0.2, 0.25) is 5.95 Å². The number of rotatable bonds is 3. The van der Waals surface area contributed by atoms with Crippen molar-refractivity contribution in [2.24, 2.45) is 0 Å². The molecule has 5 heteroatoms. The number of halogens is 1. The molecule has 0 amide bonds. The van der Waals surface area contributed by atoms with E-state index in [1.165, 1.54) is 11.6 Å². The first-order valence-corrected chi connectivity index (χ1v) is 6.61. The number of fused-ring (bicyclic) bond motifs is 1. The number of aromatic nitrogens is 2. The second-order valence-electron chi connectivity index (χ2n) is 4.11. The largest absolute Gasteiger partial charge is 0.369 e. The van der Waals surface area contributed by atoms with Crippen molar-refractivity contribution in [3.8, 4) is 0 Å². The molecule has 0 aliphatic heterocycles. The average molecular weight is 261 g/mol. The predicted octanol–water partition coefficient (Wildman–Crippen LogP) is 3.06. The van der Waals surface area contributed by atoms with E-state index in [0.717, 1.165) is 11.9 Å². The fourth-order valence-corrected chi connectivity index (χ4v) is 2.74. The van der Waals surface area contributed by atoms with E-state index in [0.29, 0.717) is 18.0 Å². The van der Waals surface area contributed by atoms with Gasteiger partial charge in [0, 0.05) is 6.54 Å². The van der Waals surface area contributed by atoms with Crippen molar-refractivity contribution in [1.29, 1.82) is 0 Å². The van der Waals surface area contributed by atoms with Crippen molar-refractivity contribution < 1.29 is 4.39 Å². The molecule has 0 saturated carbocycles. The lowest BCUT2D eigenvalue weighted by molar-refractivity contribution is 0.637. The van der Waals surface area contributed by atoms with Crippen LogP contribution < -0.4 is 5.73 Å². The van der Waals surface area contributed by atoms with Gasteiger partial charge in [-0.2, -0.15) is 11.3 Å². The highest BCUT2D eigenvalue weighted by molar-refractivity contribution is 7.07. The summed E-state index contributed by atoms with van der Waals surface area (Å²) in [6.07, 6.45) is 0.871. The van der Waals surface area contributed by atoms with Crippen LogP contribution in [0.2, 0.25) is 0 Å². The van der Waals surface area contributed by atoms with Gasteiger partial charge in [-0.25, -0.2) is 9.37 Å². The Morgan fingerprint density at radius 2 is 2.22 bits per heavy atom. The van der Waals surface area contributed by atoms with E-state index in [9.17, 15) is 4.39 Å². The second-order valence-corrected chi connectivity index (χ2v) is 4.89.